The molecule has 3 heterocycles. The lowest BCUT2D eigenvalue weighted by Crippen LogP contribution is -2.43. The van der Waals surface area contributed by atoms with Gasteiger partial charge >= 0.3 is 0 Å². The summed E-state index contributed by atoms with van der Waals surface area (Å²) in [6, 6.07) is 5.88. The summed E-state index contributed by atoms with van der Waals surface area (Å²) in [7, 11) is 1.80. The number of amides is 1. The maximum absolute atomic E-state index is 12.0. The highest BCUT2D eigenvalue weighted by molar-refractivity contribution is 5.85. The van der Waals surface area contributed by atoms with Crippen LogP contribution in [0.15, 0.2) is 24.4 Å². The molecular weight excluding hydrogens is 290 g/mol. The number of piperidine rings is 1. The highest BCUT2D eigenvalue weighted by Gasteiger charge is 2.27. The van der Waals surface area contributed by atoms with E-state index in [1.54, 1.807) is 7.05 Å². The summed E-state index contributed by atoms with van der Waals surface area (Å²) in [4.78, 5) is 13.9. The summed E-state index contributed by atoms with van der Waals surface area (Å²) in [5, 5.41) is 11.4. The lowest BCUT2D eigenvalue weighted by Gasteiger charge is -2.32. The number of nitrogens with zero attached hydrogens (tertiary/aromatic N) is 4. The maximum atomic E-state index is 12.0. The monoisotopic (exact) mass is 309 g/mol. The second-order valence-corrected chi connectivity index (χ2v) is 5.20. The molecule has 6 nitrogen and oxygen atoms in total. The summed E-state index contributed by atoms with van der Waals surface area (Å²) in [5.41, 5.74) is 0.862. The van der Waals surface area contributed by atoms with E-state index in [0.717, 1.165) is 37.4 Å². The number of carbonyl (C=O) groups excluding carboxylic acids is 1. The van der Waals surface area contributed by atoms with E-state index in [2.05, 4.69) is 15.5 Å². The van der Waals surface area contributed by atoms with E-state index in [1.807, 2.05) is 33.7 Å². The summed E-state index contributed by atoms with van der Waals surface area (Å²) >= 11 is 0. The number of rotatable bonds is 3. The zero-order chi connectivity index (χ0) is 13.9. The number of halogens is 1. The Balaban J connectivity index is 0.00000161. The molecule has 0 aliphatic carbocycles. The predicted molar refractivity (Wildman–Crippen MR) is 82.7 cm³/mol. The van der Waals surface area contributed by atoms with Gasteiger partial charge in [-0.15, -0.1) is 22.6 Å². The summed E-state index contributed by atoms with van der Waals surface area (Å²) in [6.07, 6.45) is 4.06. The molecule has 2 aromatic heterocycles. The Morgan fingerprint density at radius 3 is 3.10 bits per heavy atom. The molecule has 114 valence electrons. The Morgan fingerprint density at radius 2 is 2.29 bits per heavy atom. The van der Waals surface area contributed by atoms with Crippen molar-refractivity contribution in [3.63, 3.8) is 0 Å². The first-order valence-electron chi connectivity index (χ1n) is 7.01. The molecular formula is C14H20ClN5O. The number of likely N-dealkylation sites (tertiary alicyclic amines) is 1. The van der Waals surface area contributed by atoms with E-state index in [4.69, 9.17) is 0 Å². The van der Waals surface area contributed by atoms with Gasteiger partial charge in [-0.3, -0.25) is 9.20 Å². The van der Waals surface area contributed by atoms with E-state index >= 15 is 0 Å². The Hall–Kier alpha value is -1.66. The molecule has 1 fully saturated rings. The first-order chi connectivity index (χ1) is 9.79. The average molecular weight is 310 g/mol. The summed E-state index contributed by atoms with van der Waals surface area (Å²) in [5.74, 6) is 1.38. The number of nitrogens with one attached hydrogen (secondary N) is 1. The van der Waals surface area contributed by atoms with Crippen LogP contribution in [0.4, 0.5) is 0 Å². The van der Waals surface area contributed by atoms with Crippen LogP contribution in [0.25, 0.3) is 5.65 Å². The standard InChI is InChI=1S/C14H19N5O.ClH/c1-15-9-13(20)18-7-4-5-11(10-18)14-17-16-12-6-2-3-8-19(12)14;/h2-3,6,8,11,15H,4-5,7,9-10H2,1H3;1H. The van der Waals surface area contributed by atoms with Gasteiger partial charge in [-0.2, -0.15) is 0 Å². The Labute approximate surface area is 129 Å². The minimum absolute atomic E-state index is 0. The molecule has 1 aliphatic rings. The van der Waals surface area contributed by atoms with E-state index in [0.29, 0.717) is 6.54 Å². The lowest BCUT2D eigenvalue weighted by molar-refractivity contribution is -0.131. The fraction of sp³-hybridized carbons (Fsp3) is 0.500. The number of aromatic nitrogens is 3. The molecule has 0 radical (unpaired) electrons. The Bertz CT molecular complexity index is 614. The van der Waals surface area contributed by atoms with E-state index in [1.165, 1.54) is 0 Å². The molecule has 2 aromatic rings. The number of hydrogen-bond acceptors (Lipinski definition) is 4. The third-order valence-electron chi connectivity index (χ3n) is 3.81. The van der Waals surface area contributed by atoms with Crippen molar-refractivity contribution in [3.05, 3.63) is 30.2 Å². The van der Waals surface area contributed by atoms with Crippen molar-refractivity contribution in [2.24, 2.45) is 0 Å². The summed E-state index contributed by atoms with van der Waals surface area (Å²) in [6.45, 7) is 1.97. The molecule has 0 bridgehead atoms. The zero-order valence-electron chi connectivity index (χ0n) is 12.0. The van der Waals surface area contributed by atoms with Crippen molar-refractivity contribution in [2.75, 3.05) is 26.7 Å². The van der Waals surface area contributed by atoms with Crippen molar-refractivity contribution in [3.8, 4) is 0 Å². The van der Waals surface area contributed by atoms with Crippen molar-refractivity contribution < 1.29 is 4.79 Å². The largest absolute Gasteiger partial charge is 0.341 e. The number of fused-ring (bicyclic) bond motifs is 1. The van der Waals surface area contributed by atoms with Crippen LogP contribution in [0.3, 0.4) is 0 Å². The third-order valence-corrected chi connectivity index (χ3v) is 3.81. The highest BCUT2D eigenvalue weighted by atomic mass is 35.5. The van der Waals surface area contributed by atoms with Gasteiger partial charge in [0.2, 0.25) is 5.91 Å². The quantitative estimate of drug-likeness (QED) is 0.921. The van der Waals surface area contributed by atoms with Crippen LogP contribution in [0.5, 0.6) is 0 Å². The van der Waals surface area contributed by atoms with Gasteiger partial charge in [0.1, 0.15) is 5.82 Å². The molecule has 1 amide bonds. The molecule has 7 heteroatoms. The van der Waals surface area contributed by atoms with E-state index in [-0.39, 0.29) is 24.2 Å². The maximum Gasteiger partial charge on any atom is 0.236 e. The Morgan fingerprint density at radius 1 is 1.43 bits per heavy atom. The molecule has 1 unspecified atom stereocenters. The molecule has 3 rings (SSSR count). The van der Waals surface area contributed by atoms with Gasteiger partial charge < -0.3 is 10.2 Å². The van der Waals surface area contributed by atoms with E-state index in [9.17, 15) is 4.79 Å². The van der Waals surface area contributed by atoms with Crippen LogP contribution in [-0.4, -0.2) is 52.1 Å². The molecule has 1 aliphatic heterocycles. The molecule has 0 spiro atoms. The molecule has 0 saturated carbocycles. The van der Waals surface area contributed by atoms with Crippen molar-refractivity contribution in [1.82, 2.24) is 24.8 Å². The number of pyridine rings is 1. The Kier molecular flexibility index (Phi) is 5.14. The fourth-order valence-electron chi connectivity index (χ4n) is 2.82. The number of carbonyl (C=O) groups is 1. The van der Waals surface area contributed by atoms with Gasteiger partial charge in [0.25, 0.3) is 0 Å². The minimum atomic E-state index is 0. The molecule has 1 saturated heterocycles. The van der Waals surface area contributed by atoms with Crippen LogP contribution in [-0.2, 0) is 4.79 Å². The smallest absolute Gasteiger partial charge is 0.236 e. The van der Waals surface area contributed by atoms with Gasteiger partial charge in [0.15, 0.2) is 5.65 Å². The van der Waals surface area contributed by atoms with Crippen LogP contribution in [0, 0.1) is 0 Å². The second kappa shape index (κ2) is 6.87. The molecule has 21 heavy (non-hydrogen) atoms. The SMILES string of the molecule is CNCC(=O)N1CCCC(c2nnc3ccccn23)C1.Cl. The third kappa shape index (κ3) is 3.16. The number of hydrogen-bond donors (Lipinski definition) is 1. The van der Waals surface area contributed by atoms with Gasteiger partial charge in [-0.1, -0.05) is 6.07 Å². The van der Waals surface area contributed by atoms with Crippen LogP contribution < -0.4 is 5.32 Å². The van der Waals surface area contributed by atoms with Gasteiger partial charge in [0, 0.05) is 25.2 Å². The first-order valence-corrected chi connectivity index (χ1v) is 7.01. The summed E-state index contributed by atoms with van der Waals surface area (Å²) < 4.78 is 2.02. The molecule has 1 N–H and O–H groups in total. The van der Waals surface area contributed by atoms with Crippen molar-refractivity contribution in [2.45, 2.75) is 18.8 Å². The average Bonchev–Trinajstić information content (AvgIpc) is 2.91. The number of likely N-dealkylation sites (N-methyl/N-ethyl adjacent to an activating group) is 1. The van der Waals surface area contributed by atoms with Gasteiger partial charge in [-0.25, -0.2) is 0 Å². The highest BCUT2D eigenvalue weighted by Crippen LogP contribution is 2.25. The van der Waals surface area contributed by atoms with Gasteiger partial charge in [-0.05, 0) is 32.0 Å². The first kappa shape index (κ1) is 15.7. The second-order valence-electron chi connectivity index (χ2n) is 5.20. The predicted octanol–water partition coefficient (Wildman–Crippen LogP) is 1.08. The van der Waals surface area contributed by atoms with Crippen LogP contribution in [0.1, 0.15) is 24.6 Å². The van der Waals surface area contributed by atoms with Gasteiger partial charge in [0.05, 0.1) is 6.54 Å². The zero-order valence-corrected chi connectivity index (χ0v) is 12.8. The van der Waals surface area contributed by atoms with E-state index < -0.39 is 0 Å². The lowest BCUT2D eigenvalue weighted by atomic mass is 9.97. The molecule has 1 atom stereocenters. The normalized spacial score (nSPS) is 18.5. The minimum Gasteiger partial charge on any atom is -0.341 e. The fourth-order valence-corrected chi connectivity index (χ4v) is 2.82. The van der Waals surface area contributed by atoms with Crippen molar-refractivity contribution >= 4 is 24.0 Å². The molecule has 0 aromatic carbocycles. The van der Waals surface area contributed by atoms with Crippen LogP contribution in [0.2, 0.25) is 0 Å². The van der Waals surface area contributed by atoms with Crippen molar-refractivity contribution in [1.29, 1.82) is 0 Å². The topological polar surface area (TPSA) is 62.5 Å². The van der Waals surface area contributed by atoms with Crippen LogP contribution >= 0.6 is 12.4 Å².